The van der Waals surface area contributed by atoms with Crippen LogP contribution in [0, 0.1) is 5.82 Å². The number of fused-ring (bicyclic) bond motifs is 1. The first-order valence-corrected chi connectivity index (χ1v) is 7.95. The van der Waals surface area contributed by atoms with Crippen LogP contribution >= 0.6 is 11.3 Å². The molecule has 3 nitrogen and oxygen atoms in total. The minimum atomic E-state index is -0.363. The molecular formula is C18H11FN2OS. The summed E-state index contributed by atoms with van der Waals surface area (Å²) in [6.07, 6.45) is 4.23. The predicted molar refractivity (Wildman–Crippen MR) is 90.2 cm³/mol. The average molecular weight is 322 g/mol. The molecule has 0 amide bonds. The van der Waals surface area contributed by atoms with E-state index in [1.807, 2.05) is 22.9 Å². The molecule has 3 heterocycles. The van der Waals surface area contributed by atoms with Gasteiger partial charge in [-0.05, 0) is 46.7 Å². The molecule has 0 fully saturated rings. The van der Waals surface area contributed by atoms with Gasteiger partial charge >= 0.3 is 0 Å². The van der Waals surface area contributed by atoms with Gasteiger partial charge in [0.1, 0.15) is 17.8 Å². The van der Waals surface area contributed by atoms with Crippen LogP contribution in [0.2, 0.25) is 0 Å². The van der Waals surface area contributed by atoms with Gasteiger partial charge in [-0.1, -0.05) is 0 Å². The number of nitrogens with zero attached hydrogens (tertiary/aromatic N) is 1. The van der Waals surface area contributed by atoms with E-state index in [2.05, 4.69) is 9.97 Å². The van der Waals surface area contributed by atoms with Gasteiger partial charge in [0.2, 0.25) is 0 Å². The third kappa shape index (κ3) is 2.35. The fourth-order valence-electron chi connectivity index (χ4n) is 2.64. The van der Waals surface area contributed by atoms with Crippen molar-refractivity contribution in [3.8, 4) is 22.3 Å². The molecule has 0 spiro atoms. The molecule has 0 unspecified atom stereocenters. The Balaban J connectivity index is 1.94. The number of aromatic amines is 1. The number of aldehydes is 1. The van der Waals surface area contributed by atoms with E-state index in [1.165, 1.54) is 12.1 Å². The van der Waals surface area contributed by atoms with Crippen molar-refractivity contribution in [2.75, 3.05) is 0 Å². The summed E-state index contributed by atoms with van der Waals surface area (Å²) >= 11 is 1.62. The summed E-state index contributed by atoms with van der Waals surface area (Å²) < 4.78 is 14.2. The number of benzene rings is 1. The van der Waals surface area contributed by atoms with Crippen LogP contribution in [0.15, 0.2) is 53.5 Å². The number of aromatic nitrogens is 2. The first-order valence-electron chi connectivity index (χ1n) is 7.01. The van der Waals surface area contributed by atoms with E-state index >= 15 is 0 Å². The highest BCUT2D eigenvalue weighted by atomic mass is 32.1. The molecule has 1 aromatic carbocycles. The number of thiophene rings is 1. The molecule has 1 N–H and O–H groups in total. The van der Waals surface area contributed by atoms with E-state index in [-0.39, 0.29) is 5.82 Å². The Kier molecular flexibility index (Phi) is 3.28. The maximum Gasteiger partial charge on any atom is 0.150 e. The smallest absolute Gasteiger partial charge is 0.150 e. The molecule has 0 bridgehead atoms. The molecule has 0 atom stereocenters. The summed E-state index contributed by atoms with van der Waals surface area (Å²) in [6.45, 7) is 0. The van der Waals surface area contributed by atoms with Crippen molar-refractivity contribution in [3.05, 3.63) is 64.9 Å². The van der Waals surface area contributed by atoms with Crippen LogP contribution in [-0.4, -0.2) is 16.3 Å². The number of halogens is 1. The number of carbonyl (C=O) groups is 1. The molecule has 0 saturated carbocycles. The van der Waals surface area contributed by atoms with Crippen molar-refractivity contribution < 1.29 is 9.18 Å². The lowest BCUT2D eigenvalue weighted by Crippen LogP contribution is -1.88. The van der Waals surface area contributed by atoms with Crippen molar-refractivity contribution in [1.29, 1.82) is 0 Å². The van der Waals surface area contributed by atoms with Gasteiger partial charge in [-0.2, -0.15) is 11.3 Å². The summed E-state index contributed by atoms with van der Waals surface area (Å²) in [6, 6.07) is 8.35. The highest BCUT2D eigenvalue weighted by Gasteiger charge is 2.13. The third-order valence-corrected chi connectivity index (χ3v) is 4.49. The average Bonchev–Trinajstić information content (AvgIpc) is 3.24. The molecule has 0 aliphatic rings. The number of carbonyl (C=O) groups excluding carboxylic acids is 1. The predicted octanol–water partition coefficient (Wildman–Crippen LogP) is 4.91. The van der Waals surface area contributed by atoms with E-state index in [0.29, 0.717) is 28.6 Å². The summed E-state index contributed by atoms with van der Waals surface area (Å²) in [7, 11) is 0. The zero-order valence-corrected chi connectivity index (χ0v) is 12.7. The number of hydrogen-bond donors (Lipinski definition) is 1. The standard InChI is InChI=1S/C18H11FN2OS/c19-17-2-1-11(9-22)5-14(17)16-8-21-18-15(16)6-13(7-20-18)12-3-4-23-10-12/h1-10H,(H,20,21). The van der Waals surface area contributed by atoms with Gasteiger partial charge in [0.15, 0.2) is 0 Å². The molecule has 112 valence electrons. The lowest BCUT2D eigenvalue weighted by atomic mass is 10.0. The van der Waals surface area contributed by atoms with Gasteiger partial charge in [0, 0.05) is 40.0 Å². The van der Waals surface area contributed by atoms with E-state index < -0.39 is 0 Å². The Hall–Kier alpha value is -2.79. The number of H-pyrrole nitrogens is 1. The van der Waals surface area contributed by atoms with Crippen molar-refractivity contribution in [2.24, 2.45) is 0 Å². The summed E-state index contributed by atoms with van der Waals surface area (Å²) in [4.78, 5) is 18.4. The molecule has 4 aromatic rings. The van der Waals surface area contributed by atoms with Gasteiger partial charge < -0.3 is 4.98 Å². The van der Waals surface area contributed by atoms with E-state index in [9.17, 15) is 9.18 Å². The molecule has 0 aliphatic carbocycles. The van der Waals surface area contributed by atoms with Gasteiger partial charge in [0.05, 0.1) is 0 Å². The Bertz CT molecular complexity index is 1010. The molecule has 3 aromatic heterocycles. The molecule has 0 aliphatic heterocycles. The third-order valence-electron chi connectivity index (χ3n) is 3.80. The molecule has 0 saturated heterocycles. The van der Waals surface area contributed by atoms with Crippen molar-refractivity contribution in [3.63, 3.8) is 0 Å². The Labute approximate surface area is 135 Å². The summed E-state index contributed by atoms with van der Waals surface area (Å²) in [5.74, 6) is -0.363. The molecule has 4 rings (SSSR count). The molecule has 23 heavy (non-hydrogen) atoms. The van der Waals surface area contributed by atoms with Crippen LogP contribution in [0.3, 0.4) is 0 Å². The van der Waals surface area contributed by atoms with Crippen LogP contribution in [0.4, 0.5) is 4.39 Å². The minimum absolute atomic E-state index is 0.363. The fraction of sp³-hybridized carbons (Fsp3) is 0. The molecule has 5 heteroatoms. The maximum atomic E-state index is 14.2. The lowest BCUT2D eigenvalue weighted by molar-refractivity contribution is 0.112. The lowest BCUT2D eigenvalue weighted by Gasteiger charge is -2.04. The second-order valence-corrected chi connectivity index (χ2v) is 5.97. The topological polar surface area (TPSA) is 45.8 Å². The van der Waals surface area contributed by atoms with Gasteiger partial charge in [-0.25, -0.2) is 9.37 Å². The summed E-state index contributed by atoms with van der Waals surface area (Å²) in [5.41, 5.74) is 4.29. The highest BCUT2D eigenvalue weighted by Crippen LogP contribution is 2.33. The number of hydrogen-bond acceptors (Lipinski definition) is 3. The normalized spacial score (nSPS) is 11.0. The Morgan fingerprint density at radius 2 is 2.04 bits per heavy atom. The van der Waals surface area contributed by atoms with Crippen LogP contribution < -0.4 is 0 Å². The van der Waals surface area contributed by atoms with Crippen molar-refractivity contribution in [1.82, 2.24) is 9.97 Å². The summed E-state index contributed by atoms with van der Waals surface area (Å²) in [5, 5.41) is 4.88. The van der Waals surface area contributed by atoms with Crippen molar-refractivity contribution >= 4 is 28.7 Å². The van der Waals surface area contributed by atoms with Crippen LogP contribution in [-0.2, 0) is 0 Å². The minimum Gasteiger partial charge on any atom is -0.346 e. The SMILES string of the molecule is O=Cc1ccc(F)c(-c2c[nH]c3ncc(-c4ccsc4)cc23)c1. The van der Waals surface area contributed by atoms with Gasteiger partial charge in [0.25, 0.3) is 0 Å². The molecule has 0 radical (unpaired) electrons. The first-order chi connectivity index (χ1) is 11.3. The zero-order valence-electron chi connectivity index (χ0n) is 11.9. The zero-order chi connectivity index (χ0) is 15.8. The van der Waals surface area contributed by atoms with Crippen molar-refractivity contribution in [2.45, 2.75) is 0 Å². The molecular weight excluding hydrogens is 311 g/mol. The Morgan fingerprint density at radius 1 is 1.13 bits per heavy atom. The fourth-order valence-corrected chi connectivity index (χ4v) is 3.30. The van der Waals surface area contributed by atoms with Gasteiger partial charge in [-0.15, -0.1) is 0 Å². The first kappa shape index (κ1) is 13.8. The second kappa shape index (κ2) is 5.44. The largest absolute Gasteiger partial charge is 0.346 e. The number of pyridine rings is 1. The maximum absolute atomic E-state index is 14.2. The van der Waals surface area contributed by atoms with Gasteiger partial charge in [-0.3, -0.25) is 4.79 Å². The monoisotopic (exact) mass is 322 g/mol. The number of rotatable bonds is 3. The number of nitrogens with one attached hydrogen (secondary N) is 1. The van der Waals surface area contributed by atoms with E-state index in [1.54, 1.807) is 29.8 Å². The van der Waals surface area contributed by atoms with Crippen LogP contribution in [0.1, 0.15) is 10.4 Å². The quantitative estimate of drug-likeness (QED) is 0.545. The Morgan fingerprint density at radius 3 is 2.83 bits per heavy atom. The second-order valence-electron chi connectivity index (χ2n) is 5.19. The van der Waals surface area contributed by atoms with Crippen LogP contribution in [0.25, 0.3) is 33.3 Å². The van der Waals surface area contributed by atoms with E-state index in [4.69, 9.17) is 0 Å². The van der Waals surface area contributed by atoms with E-state index in [0.717, 1.165) is 16.5 Å². The van der Waals surface area contributed by atoms with Crippen LogP contribution in [0.5, 0.6) is 0 Å². The highest BCUT2D eigenvalue weighted by molar-refractivity contribution is 7.08.